The molecular formula is C29H23F6N5O3S. The largest absolute Gasteiger partial charge is 0.573 e. The number of halogens is 6. The fourth-order valence-electron chi connectivity index (χ4n) is 4.74. The molecule has 2 heterocycles. The van der Waals surface area contributed by atoms with Gasteiger partial charge in [-0.15, -0.1) is 18.3 Å². The molecule has 5 rings (SSSR count). The van der Waals surface area contributed by atoms with Crippen LogP contribution >= 0.6 is 0 Å². The molecule has 8 nitrogen and oxygen atoms in total. The minimum absolute atomic E-state index is 0.0231. The van der Waals surface area contributed by atoms with Crippen LogP contribution in [0.25, 0.3) is 33.8 Å². The number of hydrogen-bond donors (Lipinski definition) is 0. The molecule has 0 saturated heterocycles. The molecular weight excluding hydrogens is 612 g/mol. The van der Waals surface area contributed by atoms with Crippen molar-refractivity contribution in [3.8, 4) is 39.5 Å². The SMILES string of the molecule is CCc1cc(OC(F)(F)F)ccc1-c1cnnn1-c1cc(-c2cccc(S(C)(=O)=O)c2)ccc1-n1cc(C(F)(F)F)nc1C. The molecule has 0 saturated carbocycles. The third-order valence-corrected chi connectivity index (χ3v) is 7.86. The summed E-state index contributed by atoms with van der Waals surface area (Å²) in [5.41, 5.74) is 1.63. The van der Waals surface area contributed by atoms with E-state index in [1.54, 1.807) is 37.3 Å². The van der Waals surface area contributed by atoms with Crippen molar-refractivity contribution in [2.45, 2.75) is 37.7 Å². The standard InChI is InChI=1S/C29H23F6N5O3S/c1-4-18-12-21(43-29(33,34)35)9-10-23(18)26-15-36-38-40(26)25-14-20(19-6-5-7-22(13-19)44(3,41)42)8-11-24(25)39-16-27(28(30,31)32)37-17(39)2/h5-16H,4H2,1-3H3. The maximum Gasteiger partial charge on any atom is 0.573 e. The summed E-state index contributed by atoms with van der Waals surface area (Å²) in [7, 11) is -3.55. The molecule has 0 N–H and O–H groups in total. The first-order valence-corrected chi connectivity index (χ1v) is 14.8. The number of sulfone groups is 1. The van der Waals surface area contributed by atoms with Gasteiger partial charge in [-0.05, 0) is 72.5 Å². The van der Waals surface area contributed by atoms with E-state index in [9.17, 15) is 34.8 Å². The van der Waals surface area contributed by atoms with Crippen molar-refractivity contribution in [2.24, 2.45) is 0 Å². The van der Waals surface area contributed by atoms with Crippen LogP contribution in [0.1, 0.15) is 24.0 Å². The molecule has 0 unspecified atom stereocenters. The van der Waals surface area contributed by atoms with E-state index in [1.165, 1.54) is 46.6 Å². The maximum absolute atomic E-state index is 13.6. The summed E-state index contributed by atoms with van der Waals surface area (Å²) >= 11 is 0. The number of nitrogens with zero attached hydrogens (tertiary/aromatic N) is 5. The van der Waals surface area contributed by atoms with Crippen molar-refractivity contribution in [2.75, 3.05) is 6.26 Å². The lowest BCUT2D eigenvalue weighted by Gasteiger charge is -2.17. The average molecular weight is 636 g/mol. The van der Waals surface area contributed by atoms with Gasteiger partial charge >= 0.3 is 12.5 Å². The molecule has 0 aliphatic heterocycles. The van der Waals surface area contributed by atoms with Gasteiger partial charge < -0.3 is 9.30 Å². The van der Waals surface area contributed by atoms with Crippen molar-refractivity contribution in [1.82, 2.24) is 24.5 Å². The van der Waals surface area contributed by atoms with Crippen LogP contribution in [0.15, 0.2) is 78.0 Å². The van der Waals surface area contributed by atoms with Crippen LogP contribution in [0, 0.1) is 6.92 Å². The highest BCUT2D eigenvalue weighted by atomic mass is 32.2. The van der Waals surface area contributed by atoms with E-state index >= 15 is 0 Å². The predicted octanol–water partition coefficient (Wildman–Crippen LogP) is 6.98. The summed E-state index contributed by atoms with van der Waals surface area (Å²) in [6.45, 7) is 3.14. The van der Waals surface area contributed by atoms with E-state index in [-0.39, 0.29) is 22.1 Å². The molecule has 44 heavy (non-hydrogen) atoms. The summed E-state index contributed by atoms with van der Waals surface area (Å²) in [4.78, 5) is 3.73. The van der Waals surface area contributed by atoms with Crippen LogP contribution in [0.5, 0.6) is 5.75 Å². The Labute approximate surface area is 247 Å². The second kappa shape index (κ2) is 11.1. The second-order valence-corrected chi connectivity index (χ2v) is 11.8. The molecule has 0 spiro atoms. The van der Waals surface area contributed by atoms with Gasteiger partial charge in [0.15, 0.2) is 15.5 Å². The lowest BCUT2D eigenvalue weighted by Crippen LogP contribution is -2.17. The summed E-state index contributed by atoms with van der Waals surface area (Å²) in [6, 6.07) is 14.7. The zero-order valence-electron chi connectivity index (χ0n) is 23.3. The highest BCUT2D eigenvalue weighted by Gasteiger charge is 2.35. The van der Waals surface area contributed by atoms with Crippen molar-refractivity contribution < 1.29 is 39.5 Å². The molecule has 0 radical (unpaired) electrons. The van der Waals surface area contributed by atoms with Crippen molar-refractivity contribution >= 4 is 9.84 Å². The first-order chi connectivity index (χ1) is 20.5. The maximum atomic E-state index is 13.6. The van der Waals surface area contributed by atoms with E-state index in [2.05, 4.69) is 20.0 Å². The molecule has 0 bridgehead atoms. The zero-order chi connectivity index (χ0) is 32.0. The fraction of sp³-hybridized carbons (Fsp3) is 0.207. The third-order valence-electron chi connectivity index (χ3n) is 6.75. The van der Waals surface area contributed by atoms with Crippen LogP contribution < -0.4 is 4.74 Å². The number of aryl methyl sites for hydroxylation is 2. The number of rotatable bonds is 7. The van der Waals surface area contributed by atoms with Crippen LogP contribution in [0.3, 0.4) is 0 Å². The van der Waals surface area contributed by atoms with Gasteiger partial charge in [-0.1, -0.05) is 30.3 Å². The van der Waals surface area contributed by atoms with Crippen molar-refractivity contribution in [3.63, 3.8) is 0 Å². The predicted molar refractivity (Wildman–Crippen MR) is 148 cm³/mol. The molecule has 0 atom stereocenters. The third kappa shape index (κ3) is 6.32. The van der Waals surface area contributed by atoms with Crippen LogP contribution in [-0.2, 0) is 22.4 Å². The van der Waals surface area contributed by atoms with Gasteiger partial charge in [0.2, 0.25) is 0 Å². The molecule has 15 heteroatoms. The summed E-state index contributed by atoms with van der Waals surface area (Å²) in [5.74, 6) is -0.394. The van der Waals surface area contributed by atoms with Gasteiger partial charge in [0.1, 0.15) is 11.6 Å². The number of imidazole rings is 1. The van der Waals surface area contributed by atoms with Crippen LogP contribution in [0.2, 0.25) is 0 Å². The Morgan fingerprint density at radius 3 is 2.27 bits per heavy atom. The quantitative estimate of drug-likeness (QED) is 0.179. The molecule has 0 fully saturated rings. The summed E-state index contributed by atoms with van der Waals surface area (Å²) < 4.78 is 110. The normalized spacial score (nSPS) is 12.5. The van der Waals surface area contributed by atoms with E-state index in [4.69, 9.17) is 0 Å². The first-order valence-electron chi connectivity index (χ1n) is 12.9. The Hall–Kier alpha value is -4.66. The van der Waals surface area contributed by atoms with Crippen molar-refractivity contribution in [1.29, 1.82) is 0 Å². The number of aromatic nitrogens is 5. The molecule has 5 aromatic rings. The van der Waals surface area contributed by atoms with Crippen LogP contribution in [-0.4, -0.2) is 45.6 Å². The minimum Gasteiger partial charge on any atom is -0.406 e. The fourth-order valence-corrected chi connectivity index (χ4v) is 5.41. The smallest absolute Gasteiger partial charge is 0.406 e. The van der Waals surface area contributed by atoms with Gasteiger partial charge in [-0.25, -0.2) is 18.1 Å². The molecule has 0 amide bonds. The van der Waals surface area contributed by atoms with Crippen molar-refractivity contribution in [3.05, 3.63) is 90.1 Å². The molecule has 0 aliphatic carbocycles. The number of ether oxygens (including phenoxy) is 1. The Morgan fingerprint density at radius 1 is 0.909 bits per heavy atom. The van der Waals surface area contributed by atoms with Crippen LogP contribution in [0.4, 0.5) is 26.3 Å². The highest BCUT2D eigenvalue weighted by Crippen LogP contribution is 2.36. The Morgan fingerprint density at radius 2 is 1.64 bits per heavy atom. The first kappa shape index (κ1) is 30.8. The minimum atomic E-state index is -4.89. The molecule has 3 aromatic carbocycles. The van der Waals surface area contributed by atoms with E-state index in [1.807, 2.05) is 0 Å². The topological polar surface area (TPSA) is 91.9 Å². The van der Waals surface area contributed by atoms with E-state index in [0.717, 1.165) is 18.5 Å². The lowest BCUT2D eigenvalue weighted by atomic mass is 10.0. The van der Waals surface area contributed by atoms with Gasteiger partial charge in [0.25, 0.3) is 0 Å². The molecule has 2 aromatic heterocycles. The Balaban J connectivity index is 1.73. The van der Waals surface area contributed by atoms with E-state index < -0.39 is 33.8 Å². The number of benzene rings is 3. The summed E-state index contributed by atoms with van der Waals surface area (Å²) in [6.07, 6.45) is -6.01. The molecule has 0 aliphatic rings. The summed E-state index contributed by atoms with van der Waals surface area (Å²) in [5, 5.41) is 8.19. The monoisotopic (exact) mass is 635 g/mol. The Bertz CT molecular complexity index is 1960. The van der Waals surface area contributed by atoms with Gasteiger partial charge in [0, 0.05) is 18.0 Å². The molecule has 230 valence electrons. The number of alkyl halides is 6. The van der Waals surface area contributed by atoms with Gasteiger partial charge in [-0.2, -0.15) is 13.2 Å². The van der Waals surface area contributed by atoms with E-state index in [0.29, 0.717) is 34.4 Å². The lowest BCUT2D eigenvalue weighted by molar-refractivity contribution is -0.274. The average Bonchev–Trinajstić information content (AvgIpc) is 3.58. The Kier molecular flexibility index (Phi) is 7.78. The highest BCUT2D eigenvalue weighted by molar-refractivity contribution is 7.90. The number of hydrogen-bond acceptors (Lipinski definition) is 6. The second-order valence-electron chi connectivity index (χ2n) is 9.80. The zero-order valence-corrected chi connectivity index (χ0v) is 24.1. The van der Waals surface area contributed by atoms with Gasteiger partial charge in [0.05, 0.1) is 28.2 Å². The van der Waals surface area contributed by atoms with Gasteiger partial charge in [-0.3, -0.25) is 0 Å².